The molecule has 5 rings (SSSR count). The van der Waals surface area contributed by atoms with Crippen LogP contribution in [0.1, 0.15) is 61.9 Å². The number of carbonyl (C=O) groups excluding carboxylic acids is 1. The van der Waals surface area contributed by atoms with Crippen molar-refractivity contribution in [1.82, 2.24) is 4.98 Å². The number of hydrogen-bond acceptors (Lipinski definition) is 6. The molecule has 0 saturated carbocycles. The fraction of sp³-hybridized carbons (Fsp3) is 0.419. The Labute approximate surface area is 234 Å². The Morgan fingerprint density at radius 2 is 1.82 bits per heavy atom. The number of methoxy groups -OCH3 is 1. The Kier molecular flexibility index (Phi) is 7.85. The van der Waals surface area contributed by atoms with Gasteiger partial charge in [0.05, 0.1) is 31.3 Å². The Morgan fingerprint density at radius 1 is 1.10 bits per heavy atom. The van der Waals surface area contributed by atoms with Gasteiger partial charge in [-0.25, -0.2) is 4.98 Å². The zero-order valence-corrected chi connectivity index (χ0v) is 23.6. The van der Waals surface area contributed by atoms with Crippen LogP contribution in [0.25, 0.3) is 0 Å². The maximum absolute atomic E-state index is 13.7. The van der Waals surface area contributed by atoms with Gasteiger partial charge in [0.1, 0.15) is 5.82 Å². The van der Waals surface area contributed by atoms with Crippen LogP contribution in [0.2, 0.25) is 5.02 Å². The molecule has 3 aromatic rings. The summed E-state index contributed by atoms with van der Waals surface area (Å²) in [5.41, 5.74) is 2.40. The first kappa shape index (κ1) is 27.4. The van der Waals surface area contributed by atoms with Gasteiger partial charge in [-0.05, 0) is 86.6 Å². The molecule has 0 radical (unpaired) electrons. The molecular weight excluding hydrogens is 516 g/mol. The normalized spacial score (nSPS) is 19.5. The number of hydrogen-bond donors (Lipinski definition) is 1. The minimum Gasteiger partial charge on any atom is -0.493 e. The molecular formula is C31H35ClN2O5. The predicted octanol–water partition coefficient (Wildman–Crippen LogP) is 5.84. The van der Waals surface area contributed by atoms with Crippen molar-refractivity contribution in [3.8, 4) is 11.5 Å². The Balaban J connectivity index is 1.58. The average Bonchev–Trinajstić information content (AvgIpc) is 2.93. The van der Waals surface area contributed by atoms with Crippen LogP contribution in [0.4, 0.5) is 5.82 Å². The van der Waals surface area contributed by atoms with Gasteiger partial charge in [-0.3, -0.25) is 9.69 Å². The number of pyridine rings is 1. The molecule has 1 aromatic heterocycles. The third-order valence-electron chi connectivity index (χ3n) is 7.73. The zero-order chi connectivity index (χ0) is 27.7. The molecule has 1 unspecified atom stereocenters. The van der Waals surface area contributed by atoms with E-state index in [9.17, 15) is 9.90 Å². The van der Waals surface area contributed by atoms with Crippen molar-refractivity contribution < 1.29 is 24.1 Å². The van der Waals surface area contributed by atoms with Crippen LogP contribution in [0.5, 0.6) is 11.5 Å². The number of rotatable bonds is 7. The summed E-state index contributed by atoms with van der Waals surface area (Å²) < 4.78 is 17.2. The number of halogens is 1. The van der Waals surface area contributed by atoms with E-state index >= 15 is 0 Å². The number of aromatic nitrogens is 1. The topological polar surface area (TPSA) is 81.1 Å². The maximum atomic E-state index is 13.7. The highest BCUT2D eigenvalue weighted by Gasteiger charge is 2.38. The van der Waals surface area contributed by atoms with Gasteiger partial charge >= 0.3 is 0 Å². The van der Waals surface area contributed by atoms with Gasteiger partial charge in [0.15, 0.2) is 11.5 Å². The van der Waals surface area contributed by atoms with Crippen LogP contribution in [0.3, 0.4) is 0 Å². The summed E-state index contributed by atoms with van der Waals surface area (Å²) in [6, 6.07) is 14.6. The highest BCUT2D eigenvalue weighted by molar-refractivity contribution is 6.30. The first-order chi connectivity index (χ1) is 18.7. The minimum atomic E-state index is -1.04. The number of anilines is 1. The summed E-state index contributed by atoms with van der Waals surface area (Å²) in [4.78, 5) is 20.2. The third-order valence-corrected chi connectivity index (χ3v) is 7.98. The number of benzene rings is 2. The van der Waals surface area contributed by atoms with Crippen LogP contribution in [0, 0.1) is 5.92 Å². The second kappa shape index (κ2) is 11.2. The van der Waals surface area contributed by atoms with E-state index in [1.807, 2.05) is 69.3 Å². The molecule has 2 aliphatic heterocycles. The smallest absolute Gasteiger partial charge is 0.233 e. The maximum Gasteiger partial charge on any atom is 0.233 e. The Morgan fingerprint density at radius 3 is 2.44 bits per heavy atom. The minimum absolute atomic E-state index is 0.0509. The van der Waals surface area contributed by atoms with Gasteiger partial charge in [0.25, 0.3) is 0 Å². The lowest BCUT2D eigenvalue weighted by Gasteiger charge is -2.38. The molecule has 1 fully saturated rings. The lowest BCUT2D eigenvalue weighted by Crippen LogP contribution is -2.41. The largest absolute Gasteiger partial charge is 0.493 e. The van der Waals surface area contributed by atoms with Crippen LogP contribution in [-0.4, -0.2) is 42.4 Å². The summed E-state index contributed by atoms with van der Waals surface area (Å²) in [6.07, 6.45) is 3.41. The summed E-state index contributed by atoms with van der Waals surface area (Å²) in [5.74, 6) is 1.73. The molecule has 2 aromatic carbocycles. The second-order valence-electron chi connectivity index (χ2n) is 10.7. The number of aliphatic hydroxyl groups is 1. The van der Waals surface area contributed by atoms with Gasteiger partial charge in [-0.2, -0.15) is 0 Å². The molecule has 2 atom stereocenters. The van der Waals surface area contributed by atoms with Crippen molar-refractivity contribution in [3.63, 3.8) is 0 Å². The molecule has 0 bridgehead atoms. The lowest BCUT2D eigenvalue weighted by molar-refractivity contribution is -0.118. The fourth-order valence-electron chi connectivity index (χ4n) is 5.62. The number of carbonyl (C=O) groups is 1. The highest BCUT2D eigenvalue weighted by atomic mass is 35.5. The average molecular weight is 551 g/mol. The van der Waals surface area contributed by atoms with Gasteiger partial charge < -0.3 is 19.3 Å². The molecule has 1 N–H and O–H groups in total. The van der Waals surface area contributed by atoms with Gasteiger partial charge in [-0.15, -0.1) is 0 Å². The van der Waals surface area contributed by atoms with Crippen molar-refractivity contribution >= 4 is 23.3 Å². The molecule has 1 amide bonds. The number of ether oxygens (including phenoxy) is 3. The van der Waals surface area contributed by atoms with Crippen molar-refractivity contribution in [3.05, 3.63) is 82.0 Å². The van der Waals surface area contributed by atoms with Crippen LogP contribution in [-0.2, 0) is 21.6 Å². The van der Waals surface area contributed by atoms with E-state index in [-0.39, 0.29) is 24.3 Å². The quantitative estimate of drug-likeness (QED) is 0.398. The number of nitrogens with zero attached hydrogens (tertiary/aromatic N) is 2. The molecule has 0 spiro atoms. The lowest BCUT2D eigenvalue weighted by atomic mass is 9.79. The van der Waals surface area contributed by atoms with E-state index in [2.05, 4.69) is 0 Å². The van der Waals surface area contributed by atoms with Crippen LogP contribution in [0.15, 0.2) is 54.7 Å². The van der Waals surface area contributed by atoms with Gasteiger partial charge in [0, 0.05) is 30.0 Å². The van der Waals surface area contributed by atoms with E-state index in [4.69, 9.17) is 30.8 Å². The summed E-state index contributed by atoms with van der Waals surface area (Å²) in [6.45, 7) is 7.05. The second-order valence-corrected chi connectivity index (χ2v) is 11.1. The van der Waals surface area contributed by atoms with Crippen LogP contribution < -0.4 is 14.4 Å². The first-order valence-electron chi connectivity index (χ1n) is 13.4. The summed E-state index contributed by atoms with van der Waals surface area (Å²) in [5, 5.41) is 12.0. The standard InChI is InChI=1S/C31H35ClN2O5/c1-19(2)39-27-17-25-21(15-26(27)37-4)16-29(35)34(30(25)20-5-8-24(32)9-6-20)28-10-7-23(18-33-28)31(3,36)22-11-13-38-14-12-22/h5-10,15,17-19,22,30,36H,11-14,16H2,1-4H3/t30-,31?/m0/s1. The molecule has 7 nitrogen and oxygen atoms in total. The predicted molar refractivity (Wildman–Crippen MR) is 151 cm³/mol. The van der Waals surface area contributed by atoms with Crippen LogP contribution >= 0.6 is 11.6 Å². The molecule has 39 heavy (non-hydrogen) atoms. The number of fused-ring (bicyclic) bond motifs is 1. The first-order valence-corrected chi connectivity index (χ1v) is 13.8. The fourth-order valence-corrected chi connectivity index (χ4v) is 5.75. The molecule has 8 heteroatoms. The SMILES string of the molecule is COc1cc2c(cc1OC(C)C)[C@H](c1ccc(Cl)cc1)N(c1ccc(C(C)(O)C3CCOCC3)cn1)C(=O)C2. The van der Waals surface area contributed by atoms with Crippen molar-refractivity contribution in [2.24, 2.45) is 5.92 Å². The zero-order valence-electron chi connectivity index (χ0n) is 22.8. The Hall–Kier alpha value is -3.13. The van der Waals surface area contributed by atoms with Crippen molar-refractivity contribution in [1.29, 1.82) is 0 Å². The van der Waals surface area contributed by atoms with Gasteiger partial charge in [0.2, 0.25) is 5.91 Å². The van der Waals surface area contributed by atoms with Gasteiger partial charge in [-0.1, -0.05) is 29.8 Å². The molecule has 2 aliphatic rings. The van der Waals surface area contributed by atoms with E-state index < -0.39 is 11.6 Å². The molecule has 1 saturated heterocycles. The highest BCUT2D eigenvalue weighted by Crippen LogP contribution is 2.44. The van der Waals surface area contributed by atoms with Crippen molar-refractivity contribution in [2.45, 2.75) is 57.8 Å². The Bertz CT molecular complexity index is 1320. The number of amides is 1. The van der Waals surface area contributed by atoms with E-state index in [1.165, 1.54) is 0 Å². The third kappa shape index (κ3) is 5.49. The monoisotopic (exact) mass is 550 g/mol. The van der Waals surface area contributed by atoms with E-state index in [1.54, 1.807) is 18.2 Å². The summed E-state index contributed by atoms with van der Waals surface area (Å²) in [7, 11) is 1.60. The molecule has 206 valence electrons. The molecule has 3 heterocycles. The van der Waals surface area contributed by atoms with Crippen molar-refractivity contribution in [2.75, 3.05) is 25.2 Å². The van der Waals surface area contributed by atoms with E-state index in [0.717, 1.165) is 35.1 Å². The summed E-state index contributed by atoms with van der Waals surface area (Å²) >= 11 is 6.22. The molecule has 0 aliphatic carbocycles. The van der Waals surface area contributed by atoms with E-state index in [0.29, 0.717) is 35.6 Å².